The SMILES string of the molecule is CCC(O)C(OC)C(O)OC. The molecule has 0 fully saturated rings. The highest BCUT2D eigenvalue weighted by Crippen LogP contribution is 2.07. The summed E-state index contributed by atoms with van der Waals surface area (Å²) >= 11 is 0. The van der Waals surface area contributed by atoms with Gasteiger partial charge >= 0.3 is 0 Å². The van der Waals surface area contributed by atoms with Crippen LogP contribution in [-0.2, 0) is 9.47 Å². The number of methoxy groups -OCH3 is 2. The second-order valence-electron chi connectivity index (χ2n) is 2.30. The third-order valence-electron chi connectivity index (χ3n) is 1.59. The van der Waals surface area contributed by atoms with Crippen LogP contribution in [0.1, 0.15) is 13.3 Å². The minimum absolute atomic E-state index is 0.527. The van der Waals surface area contributed by atoms with Crippen LogP contribution in [0.25, 0.3) is 0 Å². The molecular formula is C7H16O4. The zero-order valence-corrected chi connectivity index (χ0v) is 7.15. The van der Waals surface area contributed by atoms with Crippen molar-refractivity contribution in [2.24, 2.45) is 0 Å². The van der Waals surface area contributed by atoms with Gasteiger partial charge in [-0.15, -0.1) is 0 Å². The van der Waals surface area contributed by atoms with E-state index in [1.807, 2.05) is 0 Å². The average molecular weight is 164 g/mol. The van der Waals surface area contributed by atoms with Gasteiger partial charge in [-0.2, -0.15) is 0 Å². The lowest BCUT2D eigenvalue weighted by molar-refractivity contribution is -0.185. The van der Waals surface area contributed by atoms with Crippen LogP contribution in [-0.4, -0.2) is 42.9 Å². The molecular weight excluding hydrogens is 148 g/mol. The molecule has 2 N–H and O–H groups in total. The van der Waals surface area contributed by atoms with Crippen molar-refractivity contribution in [3.8, 4) is 0 Å². The Morgan fingerprint density at radius 3 is 2.00 bits per heavy atom. The van der Waals surface area contributed by atoms with Crippen LogP contribution < -0.4 is 0 Å². The highest BCUT2D eigenvalue weighted by molar-refractivity contribution is 4.69. The molecule has 3 atom stereocenters. The van der Waals surface area contributed by atoms with Crippen LogP contribution in [0.2, 0.25) is 0 Å². The number of hydrogen-bond acceptors (Lipinski definition) is 4. The van der Waals surface area contributed by atoms with Gasteiger partial charge in [0.15, 0.2) is 6.29 Å². The van der Waals surface area contributed by atoms with Crippen molar-refractivity contribution in [3.63, 3.8) is 0 Å². The molecule has 0 radical (unpaired) electrons. The van der Waals surface area contributed by atoms with E-state index in [-0.39, 0.29) is 0 Å². The first kappa shape index (κ1) is 10.8. The van der Waals surface area contributed by atoms with Crippen molar-refractivity contribution >= 4 is 0 Å². The Balaban J connectivity index is 3.92. The molecule has 0 aliphatic rings. The van der Waals surface area contributed by atoms with E-state index < -0.39 is 18.5 Å². The molecule has 3 unspecified atom stereocenters. The van der Waals surface area contributed by atoms with Gasteiger partial charge < -0.3 is 19.7 Å². The van der Waals surface area contributed by atoms with E-state index in [9.17, 15) is 5.11 Å². The lowest BCUT2D eigenvalue weighted by atomic mass is 10.1. The maximum atomic E-state index is 9.25. The number of rotatable bonds is 5. The predicted molar refractivity (Wildman–Crippen MR) is 40.1 cm³/mol. The van der Waals surface area contributed by atoms with Crippen LogP contribution in [0.4, 0.5) is 0 Å². The molecule has 0 aromatic rings. The highest BCUT2D eigenvalue weighted by Gasteiger charge is 2.24. The summed E-state index contributed by atoms with van der Waals surface area (Å²) in [4.78, 5) is 0. The van der Waals surface area contributed by atoms with Crippen molar-refractivity contribution < 1.29 is 19.7 Å². The van der Waals surface area contributed by atoms with Gasteiger partial charge in [-0.25, -0.2) is 0 Å². The van der Waals surface area contributed by atoms with Crippen molar-refractivity contribution in [2.45, 2.75) is 31.8 Å². The van der Waals surface area contributed by atoms with Crippen LogP contribution in [0.15, 0.2) is 0 Å². The summed E-state index contributed by atoms with van der Waals surface area (Å²) in [6.45, 7) is 1.80. The van der Waals surface area contributed by atoms with E-state index >= 15 is 0 Å². The third-order valence-corrected chi connectivity index (χ3v) is 1.59. The average Bonchev–Trinajstić information content (AvgIpc) is 2.05. The van der Waals surface area contributed by atoms with Gasteiger partial charge in [0.05, 0.1) is 6.10 Å². The third kappa shape index (κ3) is 3.16. The molecule has 0 aliphatic heterocycles. The fourth-order valence-corrected chi connectivity index (χ4v) is 0.830. The first-order chi connectivity index (χ1) is 5.17. The van der Waals surface area contributed by atoms with E-state index in [2.05, 4.69) is 4.74 Å². The van der Waals surface area contributed by atoms with Crippen LogP contribution in [0.5, 0.6) is 0 Å². The molecule has 68 valence electrons. The Labute approximate surface area is 66.7 Å². The molecule has 0 aromatic carbocycles. The van der Waals surface area contributed by atoms with Gasteiger partial charge in [0.2, 0.25) is 0 Å². The fraction of sp³-hybridized carbons (Fsp3) is 1.00. The Morgan fingerprint density at radius 2 is 1.73 bits per heavy atom. The Kier molecular flexibility index (Phi) is 5.41. The molecule has 0 saturated carbocycles. The fourth-order valence-electron chi connectivity index (χ4n) is 0.830. The molecule has 0 rings (SSSR count). The molecule has 4 nitrogen and oxygen atoms in total. The first-order valence-corrected chi connectivity index (χ1v) is 3.59. The Morgan fingerprint density at radius 1 is 1.18 bits per heavy atom. The zero-order valence-electron chi connectivity index (χ0n) is 7.15. The minimum atomic E-state index is -1.06. The van der Waals surface area contributed by atoms with Gasteiger partial charge in [0, 0.05) is 14.2 Å². The summed E-state index contributed by atoms with van der Waals surface area (Å²) in [6, 6.07) is 0. The van der Waals surface area contributed by atoms with Gasteiger partial charge in [-0.05, 0) is 6.42 Å². The molecule has 11 heavy (non-hydrogen) atoms. The highest BCUT2D eigenvalue weighted by atomic mass is 16.6. The number of ether oxygens (including phenoxy) is 2. The van der Waals surface area contributed by atoms with Gasteiger partial charge in [0.25, 0.3) is 0 Å². The standard InChI is InChI=1S/C7H16O4/c1-4-5(8)6(10-2)7(9)11-3/h5-9H,4H2,1-3H3. The largest absolute Gasteiger partial charge is 0.390 e. The minimum Gasteiger partial charge on any atom is -0.390 e. The van der Waals surface area contributed by atoms with Crippen LogP contribution in [0, 0.1) is 0 Å². The summed E-state index contributed by atoms with van der Waals surface area (Å²) < 4.78 is 9.43. The normalized spacial score (nSPS) is 19.4. The van der Waals surface area contributed by atoms with Crippen LogP contribution in [0.3, 0.4) is 0 Å². The second-order valence-corrected chi connectivity index (χ2v) is 2.30. The first-order valence-electron chi connectivity index (χ1n) is 3.59. The summed E-state index contributed by atoms with van der Waals surface area (Å²) in [5.74, 6) is 0. The lowest BCUT2D eigenvalue weighted by Gasteiger charge is -2.24. The maximum absolute atomic E-state index is 9.25. The lowest BCUT2D eigenvalue weighted by Crippen LogP contribution is -2.39. The van der Waals surface area contributed by atoms with E-state index in [0.29, 0.717) is 6.42 Å². The zero-order chi connectivity index (χ0) is 8.85. The Hall–Kier alpha value is -0.160. The van der Waals surface area contributed by atoms with Gasteiger partial charge in [-0.1, -0.05) is 6.92 Å². The number of aliphatic hydroxyl groups excluding tert-OH is 2. The summed E-state index contributed by atoms with van der Waals surface area (Å²) in [7, 11) is 2.78. The van der Waals surface area contributed by atoms with Crippen molar-refractivity contribution in [1.29, 1.82) is 0 Å². The molecule has 0 spiro atoms. The number of aliphatic hydroxyl groups is 2. The van der Waals surface area contributed by atoms with Crippen molar-refractivity contribution in [2.75, 3.05) is 14.2 Å². The monoisotopic (exact) mass is 164 g/mol. The molecule has 4 heteroatoms. The molecule has 0 aromatic heterocycles. The van der Waals surface area contributed by atoms with E-state index in [1.54, 1.807) is 6.92 Å². The van der Waals surface area contributed by atoms with Gasteiger partial charge in [0.1, 0.15) is 6.10 Å². The summed E-state index contributed by atoms with van der Waals surface area (Å²) in [6.07, 6.45) is -1.88. The maximum Gasteiger partial charge on any atom is 0.183 e. The van der Waals surface area contributed by atoms with E-state index in [0.717, 1.165) is 0 Å². The molecule has 0 heterocycles. The molecule has 0 amide bonds. The molecule has 0 bridgehead atoms. The smallest absolute Gasteiger partial charge is 0.183 e. The van der Waals surface area contributed by atoms with E-state index in [1.165, 1.54) is 14.2 Å². The van der Waals surface area contributed by atoms with E-state index in [4.69, 9.17) is 9.84 Å². The summed E-state index contributed by atoms with van der Waals surface area (Å²) in [5, 5.41) is 18.4. The topological polar surface area (TPSA) is 58.9 Å². The second kappa shape index (κ2) is 5.49. The van der Waals surface area contributed by atoms with Gasteiger partial charge in [-0.3, -0.25) is 0 Å². The molecule has 0 aliphatic carbocycles. The quantitative estimate of drug-likeness (QED) is 0.549. The Bertz CT molecular complexity index is 86.4. The summed E-state index contributed by atoms with van der Waals surface area (Å²) in [5.41, 5.74) is 0. The van der Waals surface area contributed by atoms with Crippen LogP contribution >= 0.6 is 0 Å². The molecule has 0 saturated heterocycles. The van der Waals surface area contributed by atoms with Crippen molar-refractivity contribution in [1.82, 2.24) is 0 Å². The van der Waals surface area contributed by atoms with Crippen molar-refractivity contribution in [3.05, 3.63) is 0 Å². The predicted octanol–water partition coefficient (Wildman–Crippen LogP) is -0.263. The number of hydrogen-bond donors (Lipinski definition) is 2.